The number of ether oxygens (including phenoxy) is 1. The van der Waals surface area contributed by atoms with Crippen molar-refractivity contribution in [2.24, 2.45) is 5.92 Å². The molecule has 0 saturated carbocycles. The molecule has 3 aromatic rings. The van der Waals surface area contributed by atoms with E-state index in [9.17, 15) is 0 Å². The van der Waals surface area contributed by atoms with Gasteiger partial charge in [-0.25, -0.2) is 4.98 Å². The van der Waals surface area contributed by atoms with Crippen LogP contribution in [0.5, 0.6) is 5.75 Å². The Balaban J connectivity index is 1.92. The number of benzene rings is 1. The highest BCUT2D eigenvalue weighted by Crippen LogP contribution is 2.41. The highest BCUT2D eigenvalue weighted by atomic mass is 16.5. The Morgan fingerprint density at radius 2 is 1.79 bits per heavy atom. The number of nitrogens with zero attached hydrogens (tertiary/aromatic N) is 3. The summed E-state index contributed by atoms with van der Waals surface area (Å²) in [6.07, 6.45) is 7.82. The molecule has 0 aliphatic carbocycles. The summed E-state index contributed by atoms with van der Waals surface area (Å²) in [5, 5.41) is 0. The van der Waals surface area contributed by atoms with E-state index in [0.29, 0.717) is 11.8 Å². The molecule has 2 atom stereocenters. The third-order valence-corrected chi connectivity index (χ3v) is 6.00. The van der Waals surface area contributed by atoms with Gasteiger partial charge in [-0.2, -0.15) is 0 Å². The van der Waals surface area contributed by atoms with Crippen LogP contribution in [0.3, 0.4) is 0 Å². The summed E-state index contributed by atoms with van der Waals surface area (Å²) < 4.78 is 8.40. The number of imidazole rings is 1. The van der Waals surface area contributed by atoms with Crippen molar-refractivity contribution in [3.8, 4) is 22.8 Å². The van der Waals surface area contributed by atoms with Gasteiger partial charge in [0.25, 0.3) is 0 Å². The van der Waals surface area contributed by atoms with Crippen LogP contribution >= 0.6 is 0 Å². The van der Waals surface area contributed by atoms with Crippen LogP contribution in [-0.4, -0.2) is 21.1 Å². The van der Waals surface area contributed by atoms with E-state index in [1.54, 1.807) is 0 Å². The summed E-state index contributed by atoms with van der Waals surface area (Å²) in [4.78, 5) is 9.38. The van der Waals surface area contributed by atoms with Gasteiger partial charge in [0.05, 0.1) is 23.6 Å². The fourth-order valence-corrected chi connectivity index (χ4v) is 4.21. The van der Waals surface area contributed by atoms with Crippen LogP contribution in [0.15, 0.2) is 36.8 Å². The predicted octanol–water partition coefficient (Wildman–Crippen LogP) is 5.50. The quantitative estimate of drug-likeness (QED) is 0.604. The predicted molar refractivity (Wildman–Crippen MR) is 113 cm³/mol. The molecule has 3 heterocycles. The third-order valence-electron chi connectivity index (χ3n) is 6.00. The van der Waals surface area contributed by atoms with Crippen LogP contribution in [0.2, 0.25) is 0 Å². The van der Waals surface area contributed by atoms with Gasteiger partial charge in [-0.1, -0.05) is 45.4 Å². The average molecular weight is 376 g/mol. The molecule has 1 aromatic carbocycles. The maximum Gasteiger partial charge on any atom is 0.152 e. The smallest absolute Gasteiger partial charge is 0.152 e. The van der Waals surface area contributed by atoms with Crippen molar-refractivity contribution in [2.75, 3.05) is 6.61 Å². The van der Waals surface area contributed by atoms with Crippen molar-refractivity contribution >= 4 is 0 Å². The van der Waals surface area contributed by atoms with Crippen molar-refractivity contribution in [1.82, 2.24) is 14.5 Å². The number of rotatable bonds is 4. The SMILES string of the molecule is CCc1cc(C)cc(CC)c1-n1ccnc1-c1ccnc2c1OCC(C)C2C. The molecule has 0 amide bonds. The van der Waals surface area contributed by atoms with Gasteiger partial charge in [0.1, 0.15) is 5.82 Å². The van der Waals surface area contributed by atoms with Crippen molar-refractivity contribution < 1.29 is 4.74 Å². The fraction of sp³-hybridized carbons (Fsp3) is 0.417. The topological polar surface area (TPSA) is 39.9 Å². The van der Waals surface area contributed by atoms with Gasteiger partial charge in [-0.05, 0) is 42.9 Å². The van der Waals surface area contributed by atoms with Gasteiger partial charge in [0.2, 0.25) is 0 Å². The monoisotopic (exact) mass is 375 g/mol. The minimum atomic E-state index is 0.379. The summed E-state index contributed by atoms with van der Waals surface area (Å²) in [5.74, 6) is 2.66. The van der Waals surface area contributed by atoms with Crippen LogP contribution in [0, 0.1) is 12.8 Å². The molecule has 2 aromatic heterocycles. The lowest BCUT2D eigenvalue weighted by molar-refractivity contribution is 0.208. The molecule has 4 heteroatoms. The Morgan fingerprint density at radius 3 is 2.46 bits per heavy atom. The molecule has 0 N–H and O–H groups in total. The molecule has 2 unspecified atom stereocenters. The summed E-state index contributed by atoms with van der Waals surface area (Å²) in [7, 11) is 0. The van der Waals surface area contributed by atoms with Gasteiger partial charge in [-0.15, -0.1) is 0 Å². The first-order valence-corrected chi connectivity index (χ1v) is 10.3. The number of aromatic nitrogens is 3. The lowest BCUT2D eigenvalue weighted by Crippen LogP contribution is -2.23. The molecule has 4 nitrogen and oxygen atoms in total. The van der Waals surface area contributed by atoms with Gasteiger partial charge in [0, 0.05) is 24.5 Å². The lowest BCUT2D eigenvalue weighted by Gasteiger charge is -2.29. The highest BCUT2D eigenvalue weighted by molar-refractivity contribution is 5.69. The summed E-state index contributed by atoms with van der Waals surface area (Å²) >= 11 is 0. The first-order chi connectivity index (χ1) is 13.5. The Kier molecular flexibility index (Phi) is 4.96. The minimum Gasteiger partial charge on any atom is -0.491 e. The first-order valence-electron chi connectivity index (χ1n) is 10.3. The summed E-state index contributed by atoms with van der Waals surface area (Å²) in [6.45, 7) is 11.8. The van der Waals surface area contributed by atoms with Gasteiger partial charge in [0.15, 0.2) is 5.75 Å². The zero-order chi connectivity index (χ0) is 19.8. The van der Waals surface area contributed by atoms with Gasteiger partial charge in [-0.3, -0.25) is 9.55 Å². The fourth-order valence-electron chi connectivity index (χ4n) is 4.21. The molecule has 1 aliphatic rings. The van der Waals surface area contributed by atoms with E-state index in [2.05, 4.69) is 62.5 Å². The number of pyridine rings is 1. The van der Waals surface area contributed by atoms with E-state index >= 15 is 0 Å². The molecule has 146 valence electrons. The standard InChI is InChI=1S/C24H29N3O/c1-6-18-12-15(3)13-19(7-2)22(18)27-11-10-26-24(27)20-8-9-25-21-17(5)16(4)14-28-23(20)21/h8-13,16-17H,6-7,14H2,1-5H3. The molecule has 0 radical (unpaired) electrons. The summed E-state index contributed by atoms with van der Waals surface area (Å²) in [5.41, 5.74) is 7.33. The summed E-state index contributed by atoms with van der Waals surface area (Å²) in [6, 6.07) is 6.62. The first kappa shape index (κ1) is 18.7. The van der Waals surface area contributed by atoms with E-state index in [1.807, 2.05) is 18.5 Å². The second kappa shape index (κ2) is 7.42. The Morgan fingerprint density at radius 1 is 1.07 bits per heavy atom. The Bertz CT molecular complexity index is 980. The Hall–Kier alpha value is -2.62. The van der Waals surface area contributed by atoms with Crippen molar-refractivity contribution in [3.63, 3.8) is 0 Å². The van der Waals surface area contributed by atoms with E-state index in [1.165, 1.54) is 22.4 Å². The van der Waals surface area contributed by atoms with E-state index < -0.39 is 0 Å². The number of hydrogen-bond acceptors (Lipinski definition) is 3. The van der Waals surface area contributed by atoms with Gasteiger partial charge >= 0.3 is 0 Å². The molecule has 28 heavy (non-hydrogen) atoms. The van der Waals surface area contributed by atoms with Crippen LogP contribution in [0.4, 0.5) is 0 Å². The van der Waals surface area contributed by atoms with Crippen molar-refractivity contribution in [1.29, 1.82) is 0 Å². The molecular formula is C24H29N3O. The minimum absolute atomic E-state index is 0.379. The zero-order valence-corrected chi connectivity index (χ0v) is 17.5. The van der Waals surface area contributed by atoms with Crippen LogP contribution in [-0.2, 0) is 12.8 Å². The van der Waals surface area contributed by atoms with Crippen LogP contribution < -0.4 is 4.74 Å². The van der Waals surface area contributed by atoms with Gasteiger partial charge < -0.3 is 4.74 Å². The Labute approximate surface area is 167 Å². The van der Waals surface area contributed by atoms with Crippen LogP contribution in [0.1, 0.15) is 56.0 Å². The second-order valence-electron chi connectivity index (χ2n) is 7.91. The highest BCUT2D eigenvalue weighted by Gasteiger charge is 2.29. The molecule has 0 saturated heterocycles. The average Bonchev–Trinajstić information content (AvgIpc) is 3.18. The number of fused-ring (bicyclic) bond motifs is 1. The molecular weight excluding hydrogens is 346 g/mol. The van der Waals surface area contributed by atoms with E-state index in [0.717, 1.165) is 42.3 Å². The van der Waals surface area contributed by atoms with E-state index in [4.69, 9.17) is 9.72 Å². The molecule has 1 aliphatic heterocycles. The van der Waals surface area contributed by atoms with Crippen molar-refractivity contribution in [3.05, 3.63) is 59.2 Å². The molecule has 0 fully saturated rings. The van der Waals surface area contributed by atoms with Crippen molar-refractivity contribution in [2.45, 2.75) is 53.4 Å². The maximum atomic E-state index is 6.17. The molecule has 0 spiro atoms. The maximum absolute atomic E-state index is 6.17. The number of hydrogen-bond donors (Lipinski definition) is 0. The van der Waals surface area contributed by atoms with E-state index in [-0.39, 0.29) is 0 Å². The zero-order valence-electron chi connectivity index (χ0n) is 17.5. The second-order valence-corrected chi connectivity index (χ2v) is 7.91. The largest absolute Gasteiger partial charge is 0.491 e. The molecule has 4 rings (SSSR count). The third kappa shape index (κ3) is 3.01. The lowest BCUT2D eigenvalue weighted by atomic mass is 9.89. The molecule has 0 bridgehead atoms. The number of aryl methyl sites for hydroxylation is 3. The van der Waals surface area contributed by atoms with Crippen LogP contribution in [0.25, 0.3) is 17.1 Å². The normalized spacial score (nSPS) is 18.6.